The Morgan fingerprint density at radius 1 is 1.33 bits per heavy atom. The van der Waals surface area contributed by atoms with E-state index in [2.05, 4.69) is 15.9 Å². The van der Waals surface area contributed by atoms with Crippen molar-refractivity contribution in [3.8, 4) is 0 Å². The van der Waals surface area contributed by atoms with E-state index in [1.54, 1.807) is 11.0 Å². The van der Waals surface area contributed by atoms with Crippen LogP contribution in [-0.2, 0) is 9.59 Å². The summed E-state index contributed by atoms with van der Waals surface area (Å²) in [6.07, 6.45) is 2.04. The largest absolute Gasteiger partial charge is 0.329 e. The molecule has 1 aromatic carbocycles. The molecule has 6 heteroatoms. The van der Waals surface area contributed by atoms with E-state index in [0.29, 0.717) is 29.5 Å². The number of hydrogen-bond donors (Lipinski definition) is 0. The number of carbonyl (C=O) groups is 2. The van der Waals surface area contributed by atoms with Crippen molar-refractivity contribution in [3.05, 3.63) is 28.5 Å². The monoisotopic (exact) mass is 354 g/mol. The molecule has 2 aliphatic heterocycles. The summed E-state index contributed by atoms with van der Waals surface area (Å²) in [7, 11) is 0. The molecule has 2 amide bonds. The van der Waals surface area contributed by atoms with Gasteiger partial charge in [-0.2, -0.15) is 0 Å². The Hall–Kier alpha value is -1.43. The van der Waals surface area contributed by atoms with Gasteiger partial charge >= 0.3 is 0 Å². The fraction of sp³-hybridized carbons (Fsp3) is 0.467. The molecule has 0 aromatic heterocycles. The van der Waals surface area contributed by atoms with E-state index < -0.39 is 17.9 Å². The van der Waals surface area contributed by atoms with Crippen LogP contribution in [0.5, 0.6) is 0 Å². The van der Waals surface area contributed by atoms with Crippen LogP contribution in [-0.4, -0.2) is 35.3 Å². The van der Waals surface area contributed by atoms with Gasteiger partial charge in [0.1, 0.15) is 17.9 Å². The quantitative estimate of drug-likeness (QED) is 0.819. The molecule has 0 aliphatic carbocycles. The van der Waals surface area contributed by atoms with Crippen LogP contribution in [0, 0.1) is 5.82 Å². The molecule has 0 spiro atoms. The molecule has 0 bridgehead atoms. The van der Waals surface area contributed by atoms with Crippen LogP contribution in [0.1, 0.15) is 26.2 Å². The predicted molar refractivity (Wildman–Crippen MR) is 80.4 cm³/mol. The zero-order valence-electron chi connectivity index (χ0n) is 11.7. The van der Waals surface area contributed by atoms with Crippen molar-refractivity contribution in [1.29, 1.82) is 0 Å². The minimum atomic E-state index is -0.551. The molecule has 1 aromatic rings. The van der Waals surface area contributed by atoms with E-state index in [1.807, 2.05) is 6.92 Å². The van der Waals surface area contributed by atoms with Crippen molar-refractivity contribution in [2.24, 2.45) is 0 Å². The lowest BCUT2D eigenvalue weighted by Crippen LogP contribution is -2.63. The molecule has 0 radical (unpaired) electrons. The minimum absolute atomic E-state index is 0.0317. The second-order valence-corrected chi connectivity index (χ2v) is 6.27. The van der Waals surface area contributed by atoms with Crippen LogP contribution < -0.4 is 4.90 Å². The summed E-state index contributed by atoms with van der Waals surface area (Å²) in [5.41, 5.74) is 0.437. The number of halogens is 2. The molecule has 2 fully saturated rings. The van der Waals surface area contributed by atoms with Crippen molar-refractivity contribution in [3.63, 3.8) is 0 Å². The van der Waals surface area contributed by atoms with Gasteiger partial charge in [-0.3, -0.25) is 14.5 Å². The lowest BCUT2D eigenvalue weighted by Gasteiger charge is -2.42. The molecule has 3 rings (SSSR count). The Morgan fingerprint density at radius 2 is 2.10 bits per heavy atom. The van der Waals surface area contributed by atoms with Crippen molar-refractivity contribution in [2.45, 2.75) is 38.3 Å². The Balaban J connectivity index is 2.08. The average molecular weight is 355 g/mol. The highest BCUT2D eigenvalue weighted by Crippen LogP contribution is 2.35. The van der Waals surface area contributed by atoms with Gasteiger partial charge in [0, 0.05) is 11.0 Å². The summed E-state index contributed by atoms with van der Waals surface area (Å²) in [6, 6.07) is 3.26. The maximum Gasteiger partial charge on any atom is 0.250 e. The van der Waals surface area contributed by atoms with E-state index in [1.165, 1.54) is 17.0 Å². The van der Waals surface area contributed by atoms with E-state index in [4.69, 9.17) is 0 Å². The third-order valence-electron chi connectivity index (χ3n) is 4.21. The average Bonchev–Trinajstić information content (AvgIpc) is 2.95. The molecule has 4 nitrogen and oxygen atoms in total. The van der Waals surface area contributed by atoms with Gasteiger partial charge in [0.05, 0.1) is 5.69 Å². The summed E-state index contributed by atoms with van der Waals surface area (Å²) < 4.78 is 14.2. The maximum atomic E-state index is 13.6. The fourth-order valence-corrected chi connectivity index (χ4v) is 3.66. The zero-order valence-corrected chi connectivity index (χ0v) is 13.3. The van der Waals surface area contributed by atoms with Crippen molar-refractivity contribution in [2.75, 3.05) is 11.4 Å². The first kappa shape index (κ1) is 14.5. The number of anilines is 1. The van der Waals surface area contributed by atoms with Gasteiger partial charge in [-0.1, -0.05) is 6.92 Å². The predicted octanol–water partition coefficient (Wildman–Crippen LogP) is 2.70. The highest BCUT2D eigenvalue weighted by atomic mass is 79.9. The van der Waals surface area contributed by atoms with Gasteiger partial charge in [-0.05, 0) is 53.4 Å². The maximum absolute atomic E-state index is 13.6. The number of rotatable bonds is 2. The number of benzene rings is 1. The van der Waals surface area contributed by atoms with E-state index >= 15 is 0 Å². The van der Waals surface area contributed by atoms with E-state index in [0.717, 1.165) is 6.42 Å². The lowest BCUT2D eigenvalue weighted by molar-refractivity contribution is -0.144. The number of carbonyl (C=O) groups excluding carboxylic acids is 2. The third-order valence-corrected chi connectivity index (χ3v) is 4.88. The van der Waals surface area contributed by atoms with Crippen molar-refractivity contribution >= 4 is 33.4 Å². The zero-order chi connectivity index (χ0) is 15.1. The van der Waals surface area contributed by atoms with Gasteiger partial charge in [-0.15, -0.1) is 0 Å². The minimum Gasteiger partial charge on any atom is -0.329 e. The van der Waals surface area contributed by atoms with Gasteiger partial charge in [0.15, 0.2) is 0 Å². The van der Waals surface area contributed by atoms with Gasteiger partial charge < -0.3 is 4.90 Å². The van der Waals surface area contributed by atoms with Crippen LogP contribution >= 0.6 is 15.9 Å². The topological polar surface area (TPSA) is 40.6 Å². The summed E-state index contributed by atoms with van der Waals surface area (Å²) in [5, 5.41) is 0. The molecule has 0 saturated carbocycles. The lowest BCUT2D eigenvalue weighted by atomic mass is 10.0. The smallest absolute Gasteiger partial charge is 0.250 e. The standard InChI is InChI=1S/C15H16BrFN2O2/c1-2-11-14(20)18-7-3-4-12(18)15(21)19(11)13-8-9(17)5-6-10(13)16/h5-6,8,11-12H,2-4,7H2,1H3. The van der Waals surface area contributed by atoms with E-state index in [-0.39, 0.29) is 11.8 Å². The first-order valence-corrected chi connectivity index (χ1v) is 7.92. The molecule has 21 heavy (non-hydrogen) atoms. The van der Waals surface area contributed by atoms with Gasteiger partial charge in [0.25, 0.3) is 5.91 Å². The van der Waals surface area contributed by atoms with Crippen LogP contribution in [0.15, 0.2) is 22.7 Å². The van der Waals surface area contributed by atoms with Crippen molar-refractivity contribution < 1.29 is 14.0 Å². The molecule has 2 heterocycles. The number of hydrogen-bond acceptors (Lipinski definition) is 2. The van der Waals surface area contributed by atoms with E-state index in [9.17, 15) is 14.0 Å². The molecule has 0 N–H and O–H groups in total. The number of fused-ring (bicyclic) bond motifs is 1. The summed E-state index contributed by atoms with van der Waals surface area (Å²) >= 11 is 3.36. The normalized spacial score (nSPS) is 25.5. The first-order valence-electron chi connectivity index (χ1n) is 7.13. The Morgan fingerprint density at radius 3 is 2.81 bits per heavy atom. The molecule has 112 valence electrons. The highest BCUT2D eigenvalue weighted by Gasteiger charge is 2.47. The van der Waals surface area contributed by atoms with Crippen LogP contribution in [0.2, 0.25) is 0 Å². The molecule has 2 unspecified atom stereocenters. The Labute approximate surface area is 131 Å². The second kappa shape index (κ2) is 5.40. The van der Waals surface area contributed by atoms with Gasteiger partial charge in [0.2, 0.25) is 5.91 Å². The summed E-state index contributed by atoms with van der Waals surface area (Å²) in [5.74, 6) is -0.557. The summed E-state index contributed by atoms with van der Waals surface area (Å²) in [4.78, 5) is 28.5. The number of nitrogens with zero attached hydrogens (tertiary/aromatic N) is 2. The molecular weight excluding hydrogens is 339 g/mol. The van der Waals surface area contributed by atoms with Crippen LogP contribution in [0.4, 0.5) is 10.1 Å². The molecule has 2 saturated heterocycles. The molecule has 2 atom stereocenters. The van der Waals surface area contributed by atoms with Crippen molar-refractivity contribution in [1.82, 2.24) is 4.90 Å². The SMILES string of the molecule is CCC1C(=O)N2CCCC2C(=O)N1c1cc(F)ccc1Br. The Kier molecular flexibility index (Phi) is 3.73. The summed E-state index contributed by atoms with van der Waals surface area (Å²) in [6.45, 7) is 2.51. The Bertz CT molecular complexity index is 607. The second-order valence-electron chi connectivity index (χ2n) is 5.42. The van der Waals surface area contributed by atoms with Crippen LogP contribution in [0.3, 0.4) is 0 Å². The van der Waals surface area contributed by atoms with Gasteiger partial charge in [-0.25, -0.2) is 4.39 Å². The number of amides is 2. The van der Waals surface area contributed by atoms with Crippen LogP contribution in [0.25, 0.3) is 0 Å². The highest BCUT2D eigenvalue weighted by molar-refractivity contribution is 9.10. The number of piperazine rings is 1. The molecular formula is C15H16BrFN2O2. The third kappa shape index (κ3) is 2.25. The first-order chi connectivity index (χ1) is 10.0. The fourth-order valence-electron chi connectivity index (χ4n) is 3.22. The molecule has 2 aliphatic rings.